The van der Waals surface area contributed by atoms with Gasteiger partial charge in [-0.3, -0.25) is 0 Å². The molecule has 0 radical (unpaired) electrons. The molecular formula is C38H44O6. The maximum absolute atomic E-state index is 6.09. The molecule has 6 nitrogen and oxygen atoms in total. The summed E-state index contributed by atoms with van der Waals surface area (Å²) in [5.74, 6) is 1.93. The number of rotatable bonds is 14. The molecule has 0 aromatic heterocycles. The van der Waals surface area contributed by atoms with Crippen LogP contribution in [0.15, 0.2) is 95.8 Å². The van der Waals surface area contributed by atoms with E-state index in [1.807, 2.05) is 0 Å². The van der Waals surface area contributed by atoms with Gasteiger partial charge in [0.2, 0.25) is 0 Å². The van der Waals surface area contributed by atoms with Crippen LogP contribution in [0.25, 0.3) is 0 Å². The first-order chi connectivity index (χ1) is 21.4. The maximum atomic E-state index is 6.09. The molecule has 5 aliphatic rings. The minimum absolute atomic E-state index is 0.0964. The predicted octanol–water partition coefficient (Wildman–Crippen LogP) is 6.74. The third-order valence-corrected chi connectivity index (χ3v) is 9.74. The highest BCUT2D eigenvalue weighted by molar-refractivity contribution is 5.54. The number of hydrogen-bond acceptors (Lipinski definition) is 6. The van der Waals surface area contributed by atoms with Crippen molar-refractivity contribution in [2.45, 2.75) is 75.3 Å². The molecule has 2 aromatic rings. The van der Waals surface area contributed by atoms with Crippen molar-refractivity contribution in [1.82, 2.24) is 0 Å². The SMILES string of the molecule is CC(C1=CCC(OCC2CO2)C=C1)(C1=CC=C(OCC2CO2)CC1)c1ccc(C(C)(C)c2ccc(OCC3CO3)cc2)cc1. The van der Waals surface area contributed by atoms with E-state index in [0.717, 1.165) is 50.6 Å². The Balaban J connectivity index is 1.12. The van der Waals surface area contributed by atoms with Gasteiger partial charge >= 0.3 is 0 Å². The molecule has 0 bridgehead atoms. The van der Waals surface area contributed by atoms with Gasteiger partial charge in [-0.1, -0.05) is 80.1 Å². The van der Waals surface area contributed by atoms with Crippen LogP contribution in [0.5, 0.6) is 5.75 Å². The van der Waals surface area contributed by atoms with Gasteiger partial charge in [0.15, 0.2) is 0 Å². The van der Waals surface area contributed by atoms with Gasteiger partial charge in [-0.05, 0) is 60.2 Å². The summed E-state index contributed by atoms with van der Waals surface area (Å²) in [6, 6.07) is 17.8. The molecule has 0 saturated carbocycles. The lowest BCUT2D eigenvalue weighted by Crippen LogP contribution is -2.30. The fourth-order valence-electron chi connectivity index (χ4n) is 6.26. The minimum Gasteiger partial charge on any atom is -0.495 e. The minimum atomic E-state index is -0.268. The van der Waals surface area contributed by atoms with Crippen LogP contribution in [0.3, 0.4) is 0 Å². The van der Waals surface area contributed by atoms with Crippen LogP contribution in [0, 0.1) is 0 Å². The van der Waals surface area contributed by atoms with Crippen molar-refractivity contribution < 1.29 is 28.4 Å². The van der Waals surface area contributed by atoms with Gasteiger partial charge in [0.05, 0.1) is 38.3 Å². The topological polar surface area (TPSA) is 65.3 Å². The second kappa shape index (κ2) is 12.3. The quantitative estimate of drug-likeness (QED) is 0.225. The molecule has 6 heteroatoms. The Morgan fingerprint density at radius 2 is 1.30 bits per heavy atom. The van der Waals surface area contributed by atoms with Gasteiger partial charge < -0.3 is 28.4 Å². The van der Waals surface area contributed by atoms with Crippen LogP contribution < -0.4 is 4.74 Å². The average molecular weight is 597 g/mol. The number of allylic oxidation sites excluding steroid dienone is 6. The highest BCUT2D eigenvalue weighted by Gasteiger charge is 2.37. The summed E-state index contributed by atoms with van der Waals surface area (Å²) >= 11 is 0. The molecule has 3 saturated heterocycles. The van der Waals surface area contributed by atoms with Crippen LogP contribution in [-0.2, 0) is 34.5 Å². The molecule has 3 fully saturated rings. The van der Waals surface area contributed by atoms with E-state index >= 15 is 0 Å². The van der Waals surface area contributed by atoms with Crippen LogP contribution in [-0.4, -0.2) is 64.1 Å². The molecule has 232 valence electrons. The molecule has 5 atom stereocenters. The van der Waals surface area contributed by atoms with Crippen molar-refractivity contribution in [1.29, 1.82) is 0 Å². The van der Waals surface area contributed by atoms with E-state index in [4.69, 9.17) is 28.4 Å². The second-order valence-electron chi connectivity index (χ2n) is 13.3. The maximum Gasteiger partial charge on any atom is 0.119 e. The Kier molecular flexibility index (Phi) is 8.27. The Bertz CT molecular complexity index is 1440. The molecule has 3 heterocycles. The largest absolute Gasteiger partial charge is 0.495 e. The average Bonchev–Trinajstić information content (AvgIpc) is 3.91. The van der Waals surface area contributed by atoms with Gasteiger partial charge in [-0.2, -0.15) is 0 Å². The highest BCUT2D eigenvalue weighted by atomic mass is 16.6. The van der Waals surface area contributed by atoms with Crippen LogP contribution in [0.4, 0.5) is 0 Å². The summed E-state index contributed by atoms with van der Waals surface area (Å²) in [5, 5.41) is 0. The normalized spacial score (nSPS) is 27.0. The summed E-state index contributed by atoms with van der Waals surface area (Å²) in [7, 11) is 0. The van der Waals surface area contributed by atoms with Crippen molar-refractivity contribution in [2.24, 2.45) is 0 Å². The van der Waals surface area contributed by atoms with Crippen molar-refractivity contribution in [3.63, 3.8) is 0 Å². The lowest BCUT2D eigenvalue weighted by molar-refractivity contribution is 0.0728. The predicted molar refractivity (Wildman–Crippen MR) is 170 cm³/mol. The smallest absolute Gasteiger partial charge is 0.119 e. The standard InChI is InChI=1S/C38H44O6/c1-37(2,27-8-14-31(15-9-27)39-20-34-23-42-34)26-4-6-28(7-5-26)38(3,29-10-16-32(17-11-29)40-21-35-24-43-35)30-12-18-33(19-13-30)41-22-36-25-44-36/h4-12,14-16,18,32,34-36H,13,17,19-25H2,1-3H3. The number of hydrogen-bond donors (Lipinski definition) is 0. The molecule has 7 rings (SSSR count). The lowest BCUT2D eigenvalue weighted by atomic mass is 9.66. The van der Waals surface area contributed by atoms with Crippen LogP contribution >= 0.6 is 0 Å². The first-order valence-electron chi connectivity index (χ1n) is 16.1. The molecule has 2 aromatic carbocycles. The third-order valence-electron chi connectivity index (χ3n) is 9.74. The zero-order valence-electron chi connectivity index (χ0n) is 26.1. The van der Waals surface area contributed by atoms with Gasteiger partial charge in [-0.25, -0.2) is 0 Å². The second-order valence-corrected chi connectivity index (χ2v) is 13.3. The van der Waals surface area contributed by atoms with E-state index < -0.39 is 0 Å². The van der Waals surface area contributed by atoms with Gasteiger partial charge in [0.25, 0.3) is 0 Å². The fraction of sp³-hybridized carbons (Fsp3) is 0.474. The first-order valence-corrected chi connectivity index (χ1v) is 16.1. The zero-order valence-corrected chi connectivity index (χ0v) is 26.1. The molecule has 0 N–H and O–H groups in total. The zero-order chi connectivity index (χ0) is 30.1. The molecule has 0 amide bonds. The van der Waals surface area contributed by atoms with Crippen molar-refractivity contribution in [3.05, 3.63) is 113 Å². The summed E-state index contributed by atoms with van der Waals surface area (Å²) < 4.78 is 33.9. The molecule has 0 spiro atoms. The number of benzene rings is 2. The third kappa shape index (κ3) is 6.74. The number of epoxide rings is 3. The molecule has 44 heavy (non-hydrogen) atoms. The highest BCUT2D eigenvalue weighted by Crippen LogP contribution is 2.45. The van der Waals surface area contributed by atoms with Gasteiger partial charge in [-0.15, -0.1) is 0 Å². The summed E-state index contributed by atoms with van der Waals surface area (Å²) in [5.41, 5.74) is 6.12. The van der Waals surface area contributed by atoms with Crippen molar-refractivity contribution >= 4 is 0 Å². The van der Waals surface area contributed by atoms with Crippen molar-refractivity contribution in [2.75, 3.05) is 39.6 Å². The summed E-state index contributed by atoms with van der Waals surface area (Å²) in [6.07, 6.45) is 14.9. The Morgan fingerprint density at radius 1 is 0.705 bits per heavy atom. The monoisotopic (exact) mass is 596 g/mol. The lowest BCUT2D eigenvalue weighted by Gasteiger charge is -2.38. The van der Waals surface area contributed by atoms with Gasteiger partial charge in [0.1, 0.15) is 37.3 Å². The Hall–Kier alpha value is -3.16. The molecule has 5 unspecified atom stereocenters. The molecule has 3 aliphatic heterocycles. The Morgan fingerprint density at radius 3 is 1.86 bits per heavy atom. The molecule has 2 aliphatic carbocycles. The van der Waals surface area contributed by atoms with Crippen molar-refractivity contribution in [3.8, 4) is 5.75 Å². The van der Waals surface area contributed by atoms with Crippen LogP contribution in [0.1, 0.15) is 56.7 Å². The van der Waals surface area contributed by atoms with E-state index in [0.29, 0.717) is 19.8 Å². The van der Waals surface area contributed by atoms with E-state index in [1.165, 1.54) is 27.8 Å². The van der Waals surface area contributed by atoms with E-state index in [9.17, 15) is 0 Å². The first kappa shape index (κ1) is 29.5. The van der Waals surface area contributed by atoms with Gasteiger partial charge in [0, 0.05) is 17.3 Å². The Labute approximate surface area is 261 Å². The summed E-state index contributed by atoms with van der Waals surface area (Å²) in [6.45, 7) is 11.3. The summed E-state index contributed by atoms with van der Waals surface area (Å²) in [4.78, 5) is 0. The number of ether oxygens (including phenoxy) is 6. The fourth-order valence-corrected chi connectivity index (χ4v) is 6.26. The van der Waals surface area contributed by atoms with E-state index in [-0.39, 0.29) is 35.2 Å². The molecular weight excluding hydrogens is 552 g/mol. The van der Waals surface area contributed by atoms with Crippen LogP contribution in [0.2, 0.25) is 0 Å². The van der Waals surface area contributed by atoms with E-state index in [1.54, 1.807) is 0 Å². The van der Waals surface area contributed by atoms with E-state index in [2.05, 4.69) is 99.7 Å².